The molecule has 0 aromatic carbocycles. The average molecular weight is 512 g/mol. The molecule has 2 saturated heterocycles. The molecule has 2 fully saturated rings. The number of hydrogen-bond donors (Lipinski definition) is 3. The topological polar surface area (TPSA) is 142 Å². The van der Waals surface area contributed by atoms with Crippen molar-refractivity contribution in [2.45, 2.75) is 57.3 Å². The van der Waals surface area contributed by atoms with Gasteiger partial charge in [-0.15, -0.1) is 0 Å². The summed E-state index contributed by atoms with van der Waals surface area (Å²) < 4.78 is 5.56. The highest BCUT2D eigenvalue weighted by Crippen LogP contribution is 2.38. The highest BCUT2D eigenvalue weighted by atomic mass is 16.5. The molecule has 0 aliphatic carbocycles. The minimum absolute atomic E-state index is 0.167. The molecule has 2 aromatic rings. The smallest absolute Gasteiger partial charge is 0.312 e. The van der Waals surface area contributed by atoms with Crippen molar-refractivity contribution in [1.29, 1.82) is 0 Å². The number of ether oxygens (including phenoxy) is 1. The zero-order valence-corrected chi connectivity index (χ0v) is 21.2. The number of carbonyl (C=O) groups excluding carboxylic acids is 2. The van der Waals surface area contributed by atoms with Gasteiger partial charge in [-0.25, -0.2) is 4.98 Å². The minimum Gasteiger partial charge on any atom is -0.462 e. The van der Waals surface area contributed by atoms with Crippen LogP contribution in [0.25, 0.3) is 0 Å². The number of nitrogens with zero attached hydrogens (tertiary/aromatic N) is 4. The van der Waals surface area contributed by atoms with Gasteiger partial charge in [0.2, 0.25) is 0 Å². The van der Waals surface area contributed by atoms with E-state index in [4.69, 9.17) is 10.5 Å². The Kier molecular flexibility index (Phi) is 9.07. The highest BCUT2D eigenvalue weighted by molar-refractivity contribution is 5.94. The maximum Gasteiger partial charge on any atom is 0.312 e. The molecular formula is C27H37N5O5. The van der Waals surface area contributed by atoms with Crippen LogP contribution in [0, 0.1) is 5.41 Å². The van der Waals surface area contributed by atoms with Crippen LogP contribution in [0.4, 0.5) is 5.82 Å². The van der Waals surface area contributed by atoms with Crippen LogP contribution in [0.5, 0.6) is 0 Å². The van der Waals surface area contributed by atoms with E-state index in [1.807, 2.05) is 12.1 Å². The highest BCUT2D eigenvalue weighted by Gasteiger charge is 2.42. The summed E-state index contributed by atoms with van der Waals surface area (Å²) in [6, 6.07) is 7.15. The molecule has 2 aliphatic heterocycles. The SMILES string of the molecule is Nc1cc(C(=O)N2CCCCC3(CCN(Cc4ccncc4)CC3)C(=O)OC[C@@H](O)[C@@H](O)CC2)ccn1. The molecule has 4 heterocycles. The number of pyridine rings is 2. The van der Waals surface area contributed by atoms with Gasteiger partial charge in [-0.1, -0.05) is 6.42 Å². The molecule has 1 spiro atoms. The van der Waals surface area contributed by atoms with Gasteiger partial charge in [0, 0.05) is 43.8 Å². The van der Waals surface area contributed by atoms with Crippen LogP contribution in [0.15, 0.2) is 42.9 Å². The molecule has 4 rings (SSSR count). The fourth-order valence-corrected chi connectivity index (χ4v) is 5.19. The lowest BCUT2D eigenvalue weighted by atomic mass is 9.74. The monoisotopic (exact) mass is 511 g/mol. The average Bonchev–Trinajstić information content (AvgIpc) is 2.92. The Morgan fingerprint density at radius 2 is 1.78 bits per heavy atom. The number of piperidine rings is 1. The summed E-state index contributed by atoms with van der Waals surface area (Å²) in [5, 5.41) is 20.9. The fraction of sp³-hybridized carbons (Fsp3) is 0.556. The van der Waals surface area contributed by atoms with Crippen molar-refractivity contribution in [2.75, 3.05) is 38.5 Å². The first kappa shape index (κ1) is 27.0. The van der Waals surface area contributed by atoms with Gasteiger partial charge < -0.3 is 25.6 Å². The van der Waals surface area contributed by atoms with Gasteiger partial charge in [-0.2, -0.15) is 0 Å². The summed E-state index contributed by atoms with van der Waals surface area (Å²) in [6.45, 7) is 2.80. The zero-order valence-electron chi connectivity index (χ0n) is 21.2. The number of nitrogen functional groups attached to an aromatic ring is 1. The first-order valence-electron chi connectivity index (χ1n) is 13.0. The molecule has 1 amide bonds. The molecule has 10 nitrogen and oxygen atoms in total. The molecule has 10 heteroatoms. The van der Waals surface area contributed by atoms with E-state index >= 15 is 0 Å². The Labute approximate surface area is 217 Å². The number of rotatable bonds is 3. The quantitative estimate of drug-likeness (QED) is 0.524. The number of aliphatic hydroxyl groups excluding tert-OH is 2. The van der Waals surface area contributed by atoms with Crippen LogP contribution >= 0.6 is 0 Å². The number of esters is 1. The Balaban J connectivity index is 1.43. The van der Waals surface area contributed by atoms with Gasteiger partial charge in [-0.3, -0.25) is 19.5 Å². The second-order valence-electron chi connectivity index (χ2n) is 10.2. The van der Waals surface area contributed by atoms with Crippen molar-refractivity contribution in [3.05, 3.63) is 54.0 Å². The van der Waals surface area contributed by atoms with Crippen molar-refractivity contribution < 1.29 is 24.5 Å². The number of cyclic esters (lactones) is 1. The molecule has 200 valence electrons. The predicted octanol–water partition coefficient (Wildman–Crippen LogP) is 1.62. The second-order valence-corrected chi connectivity index (χ2v) is 10.2. The predicted molar refractivity (Wildman–Crippen MR) is 137 cm³/mol. The first-order valence-corrected chi connectivity index (χ1v) is 13.0. The van der Waals surface area contributed by atoms with Crippen molar-refractivity contribution in [3.63, 3.8) is 0 Å². The molecule has 0 radical (unpaired) electrons. The van der Waals surface area contributed by atoms with Gasteiger partial charge in [0.25, 0.3) is 5.91 Å². The maximum atomic E-state index is 13.3. The third kappa shape index (κ3) is 7.03. The number of likely N-dealkylation sites (tertiary alicyclic amines) is 1. The first-order chi connectivity index (χ1) is 17.9. The third-order valence-corrected chi connectivity index (χ3v) is 7.57. The Hall–Kier alpha value is -3.08. The lowest BCUT2D eigenvalue weighted by molar-refractivity contribution is -0.165. The van der Waals surface area contributed by atoms with Gasteiger partial charge in [0.15, 0.2) is 0 Å². The number of nitrogens with two attached hydrogens (primary N) is 1. The van der Waals surface area contributed by atoms with Crippen LogP contribution in [0.2, 0.25) is 0 Å². The van der Waals surface area contributed by atoms with E-state index in [1.165, 1.54) is 17.8 Å². The van der Waals surface area contributed by atoms with Crippen molar-refractivity contribution in [2.24, 2.45) is 5.41 Å². The fourth-order valence-electron chi connectivity index (χ4n) is 5.19. The maximum absolute atomic E-state index is 13.3. The van der Waals surface area contributed by atoms with E-state index in [2.05, 4.69) is 14.9 Å². The van der Waals surface area contributed by atoms with E-state index in [0.717, 1.165) is 26.1 Å². The Morgan fingerprint density at radius 1 is 1.03 bits per heavy atom. The van der Waals surface area contributed by atoms with Crippen LogP contribution in [0.1, 0.15) is 54.4 Å². The normalized spacial score (nSPS) is 23.9. The second kappa shape index (κ2) is 12.4. The Bertz CT molecular complexity index is 1040. The van der Waals surface area contributed by atoms with E-state index in [9.17, 15) is 19.8 Å². The molecule has 0 unspecified atom stereocenters. The van der Waals surface area contributed by atoms with Crippen LogP contribution < -0.4 is 5.73 Å². The van der Waals surface area contributed by atoms with Gasteiger partial charge in [0.05, 0.1) is 11.5 Å². The molecular weight excluding hydrogens is 474 g/mol. The van der Waals surface area contributed by atoms with Gasteiger partial charge in [0.1, 0.15) is 18.5 Å². The summed E-state index contributed by atoms with van der Waals surface area (Å²) >= 11 is 0. The number of aromatic nitrogens is 2. The number of anilines is 1. The number of carbonyl (C=O) groups is 2. The van der Waals surface area contributed by atoms with E-state index in [-0.39, 0.29) is 37.3 Å². The van der Waals surface area contributed by atoms with E-state index in [1.54, 1.807) is 23.4 Å². The number of amides is 1. The standard InChI is InChI=1S/C27H37N5O5/c28-24-17-21(5-12-30-24)25(35)32-13-2-1-7-27(26(36)37-19-23(34)22(33)6-14-32)8-15-31(16-9-27)18-20-3-10-29-11-4-20/h3-5,10-12,17,22-23,33-34H,1-2,6-9,13-16,18-19H2,(H2,28,30)/t22-,23+/m0/s1. The van der Waals surface area contributed by atoms with Crippen molar-refractivity contribution in [1.82, 2.24) is 19.8 Å². The summed E-state index contributed by atoms with van der Waals surface area (Å²) in [6.07, 6.45) is 6.33. The van der Waals surface area contributed by atoms with Crippen molar-refractivity contribution in [3.8, 4) is 0 Å². The van der Waals surface area contributed by atoms with E-state index in [0.29, 0.717) is 37.8 Å². The molecule has 37 heavy (non-hydrogen) atoms. The molecule has 0 saturated carbocycles. The minimum atomic E-state index is -1.22. The summed E-state index contributed by atoms with van der Waals surface area (Å²) in [5.41, 5.74) is 6.74. The van der Waals surface area contributed by atoms with Crippen molar-refractivity contribution >= 4 is 17.7 Å². The molecule has 2 aliphatic rings. The lowest BCUT2D eigenvalue weighted by Crippen LogP contribution is -2.45. The molecule has 2 atom stereocenters. The lowest BCUT2D eigenvalue weighted by Gasteiger charge is -2.40. The summed E-state index contributed by atoms with van der Waals surface area (Å²) in [4.78, 5) is 38.5. The Morgan fingerprint density at radius 3 is 2.51 bits per heavy atom. The zero-order chi connectivity index (χ0) is 26.3. The third-order valence-electron chi connectivity index (χ3n) is 7.57. The van der Waals surface area contributed by atoms with Gasteiger partial charge >= 0.3 is 5.97 Å². The van der Waals surface area contributed by atoms with Gasteiger partial charge in [-0.05, 0) is 75.0 Å². The summed E-state index contributed by atoms with van der Waals surface area (Å²) in [5.74, 6) is -0.237. The van der Waals surface area contributed by atoms with Crippen LogP contribution in [-0.2, 0) is 16.1 Å². The largest absolute Gasteiger partial charge is 0.462 e. The number of hydrogen-bond acceptors (Lipinski definition) is 9. The molecule has 2 aromatic heterocycles. The number of aliphatic hydroxyl groups is 2. The molecule has 4 N–H and O–H groups in total. The van der Waals surface area contributed by atoms with E-state index < -0.39 is 17.6 Å². The summed E-state index contributed by atoms with van der Waals surface area (Å²) in [7, 11) is 0. The van der Waals surface area contributed by atoms with Crippen LogP contribution in [0.3, 0.4) is 0 Å². The van der Waals surface area contributed by atoms with Crippen LogP contribution in [-0.4, -0.2) is 86.9 Å². The molecule has 0 bridgehead atoms.